The zero-order valence-corrected chi connectivity index (χ0v) is 22.7. The van der Waals surface area contributed by atoms with Gasteiger partial charge in [0, 0.05) is 43.9 Å². The minimum absolute atomic E-state index is 0.0826. The van der Waals surface area contributed by atoms with Gasteiger partial charge in [-0.1, -0.05) is 26.0 Å². The molecule has 1 aromatic heterocycles. The molecule has 0 spiro atoms. The molecule has 2 N–H and O–H groups in total. The average molecular weight is 558 g/mol. The summed E-state index contributed by atoms with van der Waals surface area (Å²) >= 11 is 0. The number of aromatic nitrogens is 1. The van der Waals surface area contributed by atoms with E-state index >= 15 is 0 Å². The van der Waals surface area contributed by atoms with E-state index in [1.165, 1.54) is 12.0 Å². The maximum atomic E-state index is 14.1. The van der Waals surface area contributed by atoms with E-state index in [-0.39, 0.29) is 32.5 Å². The number of benzene rings is 1. The molecular weight excluding hydrogens is 524 g/mol. The molecule has 1 saturated heterocycles. The van der Waals surface area contributed by atoms with Crippen molar-refractivity contribution in [1.29, 1.82) is 0 Å². The maximum Gasteiger partial charge on any atom is 0.258 e. The normalized spacial score (nSPS) is 19.8. The highest BCUT2D eigenvalue weighted by Gasteiger charge is 2.56. The first kappa shape index (κ1) is 28.9. The van der Waals surface area contributed by atoms with Crippen LogP contribution in [-0.4, -0.2) is 78.1 Å². The monoisotopic (exact) mass is 557 g/mol. The summed E-state index contributed by atoms with van der Waals surface area (Å²) in [5.41, 5.74) is 4.05. The van der Waals surface area contributed by atoms with Crippen molar-refractivity contribution in [2.24, 2.45) is 27.6 Å². The van der Waals surface area contributed by atoms with E-state index in [2.05, 4.69) is 10.1 Å². The first-order valence-corrected chi connectivity index (χ1v) is 12.9. The minimum atomic E-state index is -2.77. The Morgan fingerprint density at radius 1 is 1.18 bits per heavy atom. The number of nitrogens with zero attached hydrogens (tertiary/aromatic N) is 4. The molecule has 2 aliphatic rings. The third-order valence-corrected chi connectivity index (χ3v) is 7.61. The number of hydrogen-bond donors (Lipinski definition) is 1. The van der Waals surface area contributed by atoms with Gasteiger partial charge in [-0.3, -0.25) is 19.4 Å². The fourth-order valence-electron chi connectivity index (χ4n) is 5.09. The van der Waals surface area contributed by atoms with Gasteiger partial charge in [-0.05, 0) is 24.3 Å². The summed E-state index contributed by atoms with van der Waals surface area (Å²) in [4.78, 5) is 45.9. The van der Waals surface area contributed by atoms with E-state index in [4.69, 9.17) is 15.2 Å². The van der Waals surface area contributed by atoms with Crippen molar-refractivity contribution >= 4 is 23.4 Å². The number of carbonyl (C=O) groups excluding carboxylic acids is 3. The summed E-state index contributed by atoms with van der Waals surface area (Å²) < 4.78 is 37.7. The summed E-state index contributed by atoms with van der Waals surface area (Å²) in [6.45, 7) is 2.20. The van der Waals surface area contributed by atoms with Crippen molar-refractivity contribution in [3.63, 3.8) is 0 Å². The number of hydrazone groups is 1. The topological polar surface area (TPSA) is 127 Å². The van der Waals surface area contributed by atoms with Crippen LogP contribution < -0.4 is 15.2 Å². The average Bonchev–Trinajstić information content (AvgIpc) is 3.18. The van der Waals surface area contributed by atoms with Gasteiger partial charge in [-0.15, -0.1) is 0 Å². The van der Waals surface area contributed by atoms with Gasteiger partial charge < -0.3 is 20.1 Å². The predicted molar refractivity (Wildman–Crippen MR) is 142 cm³/mol. The van der Waals surface area contributed by atoms with Crippen molar-refractivity contribution < 1.29 is 32.6 Å². The number of primary amides is 1. The van der Waals surface area contributed by atoms with Gasteiger partial charge in [0.05, 0.1) is 24.2 Å². The molecule has 0 aliphatic carbocycles. The van der Waals surface area contributed by atoms with Crippen LogP contribution in [0.5, 0.6) is 11.5 Å². The second-order valence-electron chi connectivity index (χ2n) is 10.5. The third-order valence-electron chi connectivity index (χ3n) is 7.61. The Hall–Kier alpha value is -4.09. The number of nitrogens with two attached hydrogens (primary N) is 1. The van der Waals surface area contributed by atoms with Crippen LogP contribution in [0.4, 0.5) is 8.78 Å². The van der Waals surface area contributed by atoms with Gasteiger partial charge in [0.2, 0.25) is 11.8 Å². The lowest BCUT2D eigenvalue weighted by Crippen LogP contribution is -2.59. The lowest BCUT2D eigenvalue weighted by atomic mass is 9.72. The lowest BCUT2D eigenvalue weighted by Gasteiger charge is -2.42. The number of methoxy groups -OCH3 is 1. The molecule has 0 radical (unpaired) electrons. The molecule has 2 atom stereocenters. The zero-order chi connectivity index (χ0) is 29.1. The lowest BCUT2D eigenvalue weighted by molar-refractivity contribution is -0.150. The summed E-state index contributed by atoms with van der Waals surface area (Å²) in [7, 11) is 1.52. The fraction of sp³-hybridized carbons (Fsp3) is 0.464. The van der Waals surface area contributed by atoms with Crippen LogP contribution in [0.2, 0.25) is 0 Å². The van der Waals surface area contributed by atoms with Crippen molar-refractivity contribution in [2.75, 3.05) is 33.4 Å². The molecule has 10 nitrogen and oxygen atoms in total. The number of amides is 3. The molecule has 1 aromatic carbocycles. The molecule has 214 valence electrons. The third kappa shape index (κ3) is 5.75. The SMILES string of the molecule is COc1cccc(OC[C@H](C(=O)N2CCC3=NN(CC(F)F)C(=O)[C@]3(Cc3ccccn3)C2)C(C)(C)C(N)=O)c1. The van der Waals surface area contributed by atoms with Gasteiger partial charge in [-0.25, -0.2) is 13.8 Å². The smallest absolute Gasteiger partial charge is 0.258 e. The van der Waals surface area contributed by atoms with Crippen LogP contribution in [0.1, 0.15) is 26.0 Å². The Labute approximate surface area is 231 Å². The van der Waals surface area contributed by atoms with Crippen molar-refractivity contribution in [1.82, 2.24) is 14.9 Å². The van der Waals surface area contributed by atoms with Crippen molar-refractivity contribution in [2.45, 2.75) is 33.1 Å². The van der Waals surface area contributed by atoms with E-state index in [1.54, 1.807) is 62.5 Å². The molecule has 12 heteroatoms. The van der Waals surface area contributed by atoms with E-state index in [0.29, 0.717) is 22.9 Å². The van der Waals surface area contributed by atoms with Gasteiger partial charge in [0.25, 0.3) is 12.3 Å². The highest BCUT2D eigenvalue weighted by atomic mass is 19.3. The van der Waals surface area contributed by atoms with Crippen LogP contribution in [0.25, 0.3) is 0 Å². The number of piperidine rings is 1. The number of fused-ring (bicyclic) bond motifs is 1. The molecule has 2 aromatic rings. The summed E-state index contributed by atoms with van der Waals surface area (Å²) in [6.07, 6.45) is -0.914. The quantitative estimate of drug-likeness (QED) is 0.452. The van der Waals surface area contributed by atoms with Crippen LogP contribution >= 0.6 is 0 Å². The van der Waals surface area contributed by atoms with E-state index in [9.17, 15) is 23.2 Å². The highest BCUT2D eigenvalue weighted by molar-refractivity contribution is 6.13. The predicted octanol–water partition coefficient (Wildman–Crippen LogP) is 2.52. The van der Waals surface area contributed by atoms with E-state index < -0.39 is 47.4 Å². The number of ether oxygens (including phenoxy) is 2. The first-order valence-electron chi connectivity index (χ1n) is 12.9. The minimum Gasteiger partial charge on any atom is -0.497 e. The maximum absolute atomic E-state index is 14.1. The molecule has 3 heterocycles. The number of halogens is 2. The van der Waals surface area contributed by atoms with E-state index in [1.807, 2.05) is 0 Å². The standard InChI is InChI=1S/C28H33F2N5O5/c1-27(2,25(31)37)21(16-40-20-9-6-8-19(13-20)39-3)24(36)34-12-10-22-28(17-34,14-18-7-4-5-11-32-18)26(38)35(33-22)15-23(29)30/h4-9,11,13,21,23H,10,12,14-17H2,1-3H3,(H2,31,37)/t21-,28-/m1/s1. The molecule has 40 heavy (non-hydrogen) atoms. The van der Waals surface area contributed by atoms with Crippen LogP contribution in [0.15, 0.2) is 53.8 Å². The van der Waals surface area contributed by atoms with Gasteiger partial charge in [0.1, 0.15) is 30.1 Å². The zero-order valence-electron chi connectivity index (χ0n) is 22.7. The fourth-order valence-corrected chi connectivity index (χ4v) is 5.09. The molecule has 3 amide bonds. The second-order valence-corrected chi connectivity index (χ2v) is 10.5. The Kier molecular flexibility index (Phi) is 8.36. The van der Waals surface area contributed by atoms with Gasteiger partial charge >= 0.3 is 0 Å². The molecule has 0 saturated carbocycles. The molecular formula is C28H33F2N5O5. The summed E-state index contributed by atoms with van der Waals surface area (Å²) in [5.74, 6) is -1.75. The van der Waals surface area contributed by atoms with Gasteiger partial charge in [0.15, 0.2) is 0 Å². The Balaban J connectivity index is 1.64. The number of hydrogen-bond acceptors (Lipinski definition) is 7. The van der Waals surface area contributed by atoms with Gasteiger partial charge in [-0.2, -0.15) is 5.10 Å². The molecule has 2 aliphatic heterocycles. The number of alkyl halides is 2. The van der Waals surface area contributed by atoms with Crippen LogP contribution in [0, 0.1) is 16.7 Å². The Morgan fingerprint density at radius 2 is 1.93 bits per heavy atom. The number of pyridine rings is 1. The van der Waals surface area contributed by atoms with E-state index in [0.717, 1.165) is 5.01 Å². The molecule has 4 rings (SSSR count). The largest absolute Gasteiger partial charge is 0.497 e. The van der Waals surface area contributed by atoms with Crippen molar-refractivity contribution in [3.05, 3.63) is 54.4 Å². The highest BCUT2D eigenvalue weighted by Crippen LogP contribution is 2.40. The Morgan fingerprint density at radius 3 is 2.58 bits per heavy atom. The first-order chi connectivity index (χ1) is 19.0. The number of rotatable bonds is 11. The molecule has 1 fully saturated rings. The molecule has 0 unspecified atom stereocenters. The number of likely N-dealkylation sites (tertiary alicyclic amines) is 1. The van der Waals surface area contributed by atoms with Crippen molar-refractivity contribution in [3.8, 4) is 11.5 Å². The Bertz CT molecular complexity index is 1290. The molecule has 0 bridgehead atoms. The number of carbonyl (C=O) groups is 3. The summed E-state index contributed by atoms with van der Waals surface area (Å²) in [6, 6.07) is 12.0. The second kappa shape index (κ2) is 11.6. The summed E-state index contributed by atoms with van der Waals surface area (Å²) in [5, 5.41) is 5.05. The van der Waals surface area contributed by atoms with Crippen LogP contribution in [0.3, 0.4) is 0 Å². The van der Waals surface area contributed by atoms with Crippen LogP contribution in [-0.2, 0) is 20.8 Å².